The molecule has 31 heavy (non-hydrogen) atoms. The van der Waals surface area contributed by atoms with Gasteiger partial charge in [0.15, 0.2) is 17.5 Å². The number of rotatable bonds is 12. The summed E-state index contributed by atoms with van der Waals surface area (Å²) in [6, 6.07) is 13.7. The Kier molecular flexibility index (Phi) is 13.5. The number of benzene rings is 2. The minimum Gasteiger partial charge on any atom is -0.497 e. The van der Waals surface area contributed by atoms with E-state index < -0.39 is 0 Å². The van der Waals surface area contributed by atoms with E-state index in [-0.39, 0.29) is 24.0 Å². The summed E-state index contributed by atoms with van der Waals surface area (Å²) in [6.45, 7) is 5.44. The van der Waals surface area contributed by atoms with E-state index in [9.17, 15) is 0 Å². The summed E-state index contributed by atoms with van der Waals surface area (Å²) in [6.07, 6.45) is 0.886. The third-order valence-electron chi connectivity index (χ3n) is 4.40. The molecule has 7 nitrogen and oxygen atoms in total. The average molecular weight is 543 g/mol. The topological polar surface area (TPSA) is 73.3 Å². The number of ether oxygens (including phenoxy) is 4. The highest BCUT2D eigenvalue weighted by molar-refractivity contribution is 14.0. The van der Waals surface area contributed by atoms with Gasteiger partial charge in [-0.25, -0.2) is 4.99 Å². The Bertz CT molecular complexity index is 785. The van der Waals surface area contributed by atoms with Gasteiger partial charge in [-0.1, -0.05) is 18.2 Å². The quantitative estimate of drug-likeness (QED) is 0.183. The van der Waals surface area contributed by atoms with Crippen LogP contribution in [0.5, 0.6) is 17.2 Å². The van der Waals surface area contributed by atoms with Crippen molar-refractivity contribution in [3.8, 4) is 17.2 Å². The molecule has 2 rings (SSSR count). The molecule has 0 saturated carbocycles. The predicted octanol–water partition coefficient (Wildman–Crippen LogP) is 3.99. The van der Waals surface area contributed by atoms with E-state index in [0.717, 1.165) is 42.3 Å². The fraction of sp³-hybridized carbons (Fsp3) is 0.435. The lowest BCUT2D eigenvalue weighted by Crippen LogP contribution is -2.38. The van der Waals surface area contributed by atoms with Gasteiger partial charge in [0.1, 0.15) is 5.75 Å². The van der Waals surface area contributed by atoms with E-state index in [0.29, 0.717) is 31.3 Å². The average Bonchev–Trinajstić information content (AvgIpc) is 2.79. The van der Waals surface area contributed by atoms with Crippen LogP contribution in [-0.2, 0) is 17.9 Å². The lowest BCUT2D eigenvalue weighted by molar-refractivity contribution is 0.119. The Morgan fingerprint density at radius 1 is 0.871 bits per heavy atom. The van der Waals surface area contributed by atoms with Gasteiger partial charge in [-0.15, -0.1) is 24.0 Å². The summed E-state index contributed by atoms with van der Waals surface area (Å²) >= 11 is 0. The first-order valence-corrected chi connectivity index (χ1v) is 10.1. The van der Waals surface area contributed by atoms with Gasteiger partial charge in [-0.2, -0.15) is 0 Å². The molecule has 8 heteroatoms. The van der Waals surface area contributed by atoms with Crippen molar-refractivity contribution in [2.45, 2.75) is 26.5 Å². The predicted molar refractivity (Wildman–Crippen MR) is 135 cm³/mol. The highest BCUT2D eigenvalue weighted by Crippen LogP contribution is 2.27. The second kappa shape index (κ2) is 15.6. The van der Waals surface area contributed by atoms with E-state index >= 15 is 0 Å². The third kappa shape index (κ3) is 9.65. The number of hydrogen-bond donors (Lipinski definition) is 2. The zero-order valence-corrected chi connectivity index (χ0v) is 21.1. The van der Waals surface area contributed by atoms with Crippen molar-refractivity contribution in [2.24, 2.45) is 4.99 Å². The van der Waals surface area contributed by atoms with Gasteiger partial charge in [0.2, 0.25) is 0 Å². The molecule has 0 aliphatic carbocycles. The second-order valence-electron chi connectivity index (χ2n) is 6.57. The zero-order valence-electron chi connectivity index (χ0n) is 18.8. The summed E-state index contributed by atoms with van der Waals surface area (Å²) in [5.74, 6) is 3.05. The number of halogens is 1. The van der Waals surface area contributed by atoms with Crippen molar-refractivity contribution in [1.82, 2.24) is 10.6 Å². The first kappa shape index (κ1) is 26.8. The molecule has 2 aromatic carbocycles. The zero-order chi connectivity index (χ0) is 21.6. The van der Waals surface area contributed by atoms with Crippen LogP contribution in [0, 0.1) is 0 Å². The molecule has 0 unspecified atom stereocenters. The Labute approximate surface area is 202 Å². The number of nitrogens with one attached hydrogen (secondary N) is 2. The van der Waals surface area contributed by atoms with Gasteiger partial charge in [0, 0.05) is 19.7 Å². The molecule has 0 saturated heterocycles. The van der Waals surface area contributed by atoms with Crippen LogP contribution in [-0.4, -0.2) is 47.0 Å². The summed E-state index contributed by atoms with van der Waals surface area (Å²) < 4.78 is 21.5. The number of methoxy groups -OCH3 is 3. The first-order chi connectivity index (χ1) is 14.7. The minimum absolute atomic E-state index is 0. The Morgan fingerprint density at radius 2 is 1.58 bits per heavy atom. The first-order valence-electron chi connectivity index (χ1n) is 10.1. The van der Waals surface area contributed by atoms with Crippen LogP contribution in [0.2, 0.25) is 0 Å². The number of nitrogens with zero attached hydrogens (tertiary/aromatic N) is 1. The van der Waals surface area contributed by atoms with Crippen LogP contribution in [0.25, 0.3) is 0 Å². The van der Waals surface area contributed by atoms with E-state index in [1.54, 1.807) is 21.3 Å². The summed E-state index contributed by atoms with van der Waals surface area (Å²) in [7, 11) is 4.92. The third-order valence-corrected chi connectivity index (χ3v) is 4.40. The van der Waals surface area contributed by atoms with Gasteiger partial charge in [0.25, 0.3) is 0 Å². The summed E-state index contributed by atoms with van der Waals surface area (Å²) in [4.78, 5) is 4.64. The van der Waals surface area contributed by atoms with Crippen molar-refractivity contribution in [2.75, 3.05) is 41.0 Å². The van der Waals surface area contributed by atoms with Gasteiger partial charge in [-0.05, 0) is 48.7 Å². The van der Waals surface area contributed by atoms with Crippen LogP contribution in [0.4, 0.5) is 0 Å². The molecule has 2 aromatic rings. The maximum atomic E-state index is 5.74. The minimum atomic E-state index is 0. The summed E-state index contributed by atoms with van der Waals surface area (Å²) in [5, 5.41) is 6.60. The lowest BCUT2D eigenvalue weighted by Gasteiger charge is -2.12. The molecule has 0 fully saturated rings. The molecule has 0 bridgehead atoms. The normalized spacial score (nSPS) is 10.8. The van der Waals surface area contributed by atoms with Crippen LogP contribution in [0.3, 0.4) is 0 Å². The summed E-state index contributed by atoms with van der Waals surface area (Å²) in [5.41, 5.74) is 2.18. The highest BCUT2D eigenvalue weighted by Gasteiger charge is 2.05. The molecule has 0 aliphatic heterocycles. The molecule has 0 amide bonds. The highest BCUT2D eigenvalue weighted by atomic mass is 127. The molecular formula is C23H34IN3O4. The van der Waals surface area contributed by atoms with Crippen LogP contribution in [0.15, 0.2) is 47.5 Å². The second-order valence-corrected chi connectivity index (χ2v) is 6.57. The van der Waals surface area contributed by atoms with Crippen molar-refractivity contribution < 1.29 is 18.9 Å². The van der Waals surface area contributed by atoms with E-state index in [1.165, 1.54) is 0 Å². The smallest absolute Gasteiger partial charge is 0.191 e. The van der Waals surface area contributed by atoms with Crippen molar-refractivity contribution in [3.05, 3.63) is 53.6 Å². The van der Waals surface area contributed by atoms with Crippen molar-refractivity contribution in [3.63, 3.8) is 0 Å². The monoisotopic (exact) mass is 543 g/mol. The van der Waals surface area contributed by atoms with Gasteiger partial charge >= 0.3 is 0 Å². The standard InChI is InChI=1S/C23H33N3O4.HI/c1-5-24-23(26-16-19-9-12-21(28-3)22(15-19)29-4)25-13-6-14-30-17-18-7-10-20(27-2)11-8-18;/h7-12,15H,5-6,13-14,16-17H2,1-4H3,(H2,24,25,26);1H. The van der Waals surface area contributed by atoms with Gasteiger partial charge in [0.05, 0.1) is 34.5 Å². The largest absolute Gasteiger partial charge is 0.497 e. The molecule has 0 atom stereocenters. The molecule has 172 valence electrons. The van der Waals surface area contributed by atoms with Gasteiger partial charge < -0.3 is 29.6 Å². The van der Waals surface area contributed by atoms with Crippen LogP contribution < -0.4 is 24.8 Å². The van der Waals surface area contributed by atoms with E-state index in [2.05, 4.69) is 15.6 Å². The van der Waals surface area contributed by atoms with Crippen LogP contribution >= 0.6 is 24.0 Å². The fourth-order valence-corrected chi connectivity index (χ4v) is 2.78. The molecule has 0 aliphatic rings. The SMILES string of the molecule is CCNC(=NCc1ccc(OC)c(OC)c1)NCCCOCc1ccc(OC)cc1.I. The molecule has 0 heterocycles. The van der Waals surface area contributed by atoms with Gasteiger partial charge in [-0.3, -0.25) is 0 Å². The molecule has 0 aromatic heterocycles. The lowest BCUT2D eigenvalue weighted by atomic mass is 10.2. The van der Waals surface area contributed by atoms with Crippen molar-refractivity contribution >= 4 is 29.9 Å². The number of aliphatic imine (C=N–C) groups is 1. The fourth-order valence-electron chi connectivity index (χ4n) is 2.78. The molecular weight excluding hydrogens is 509 g/mol. The van der Waals surface area contributed by atoms with Crippen molar-refractivity contribution in [1.29, 1.82) is 0 Å². The maximum Gasteiger partial charge on any atom is 0.191 e. The number of hydrogen-bond acceptors (Lipinski definition) is 5. The van der Waals surface area contributed by atoms with E-state index in [4.69, 9.17) is 18.9 Å². The Hall–Kier alpha value is -2.20. The van der Waals surface area contributed by atoms with E-state index in [1.807, 2.05) is 49.4 Å². The molecule has 2 N–H and O–H groups in total. The molecule has 0 spiro atoms. The Balaban J connectivity index is 0.00000480. The number of guanidine groups is 1. The van der Waals surface area contributed by atoms with Crippen LogP contribution in [0.1, 0.15) is 24.5 Å². The Morgan fingerprint density at radius 3 is 2.23 bits per heavy atom. The maximum absolute atomic E-state index is 5.74. The molecule has 0 radical (unpaired) electrons.